The van der Waals surface area contributed by atoms with E-state index in [0.29, 0.717) is 6.61 Å². The van der Waals surface area contributed by atoms with E-state index >= 15 is 0 Å². The summed E-state index contributed by atoms with van der Waals surface area (Å²) in [6.07, 6.45) is 5.51. The van der Waals surface area contributed by atoms with Gasteiger partial charge in [-0.05, 0) is 18.8 Å². The quantitative estimate of drug-likeness (QED) is 0.582. The Balaban J connectivity index is 2.99. The molecule has 0 rings (SSSR count). The predicted molar refractivity (Wildman–Crippen MR) is 60.4 cm³/mol. The standard InChI is InChI=1S/C12H26O2/c1-4-12(13)10-14-9-7-5-6-8-11(2)3/h11-13H,4-10H2,1-3H3. The van der Waals surface area contributed by atoms with Crippen molar-refractivity contribution in [2.24, 2.45) is 5.92 Å². The fraction of sp³-hybridized carbons (Fsp3) is 1.00. The first kappa shape index (κ1) is 13.9. The van der Waals surface area contributed by atoms with Crippen LogP contribution >= 0.6 is 0 Å². The zero-order chi connectivity index (χ0) is 10.8. The van der Waals surface area contributed by atoms with E-state index < -0.39 is 0 Å². The molecule has 0 heterocycles. The van der Waals surface area contributed by atoms with Gasteiger partial charge < -0.3 is 9.84 Å². The smallest absolute Gasteiger partial charge is 0.0771 e. The minimum Gasteiger partial charge on any atom is -0.391 e. The average Bonchev–Trinajstić information content (AvgIpc) is 2.15. The molecule has 2 nitrogen and oxygen atoms in total. The van der Waals surface area contributed by atoms with Gasteiger partial charge in [-0.3, -0.25) is 0 Å². The molecule has 0 aliphatic carbocycles. The van der Waals surface area contributed by atoms with E-state index in [4.69, 9.17) is 4.74 Å². The molecule has 0 spiro atoms. The molecular formula is C12H26O2. The summed E-state index contributed by atoms with van der Waals surface area (Å²) < 4.78 is 5.34. The largest absolute Gasteiger partial charge is 0.391 e. The van der Waals surface area contributed by atoms with Gasteiger partial charge in [-0.15, -0.1) is 0 Å². The Bertz CT molecular complexity index is 113. The molecule has 1 atom stereocenters. The van der Waals surface area contributed by atoms with Crippen LogP contribution in [0.15, 0.2) is 0 Å². The van der Waals surface area contributed by atoms with Crippen molar-refractivity contribution in [3.05, 3.63) is 0 Å². The summed E-state index contributed by atoms with van der Waals surface area (Å²) in [4.78, 5) is 0. The number of aliphatic hydroxyl groups excluding tert-OH is 1. The highest BCUT2D eigenvalue weighted by atomic mass is 16.5. The van der Waals surface area contributed by atoms with Gasteiger partial charge >= 0.3 is 0 Å². The molecule has 0 saturated carbocycles. The number of aliphatic hydroxyl groups is 1. The van der Waals surface area contributed by atoms with E-state index in [0.717, 1.165) is 25.4 Å². The van der Waals surface area contributed by atoms with Gasteiger partial charge in [-0.2, -0.15) is 0 Å². The second-order valence-corrected chi connectivity index (χ2v) is 4.38. The van der Waals surface area contributed by atoms with E-state index in [1.165, 1.54) is 19.3 Å². The monoisotopic (exact) mass is 202 g/mol. The molecule has 0 amide bonds. The third-order valence-corrected chi connectivity index (χ3v) is 2.35. The van der Waals surface area contributed by atoms with Crippen LogP contribution in [0.5, 0.6) is 0 Å². The minimum absolute atomic E-state index is 0.273. The minimum atomic E-state index is -0.273. The fourth-order valence-electron chi connectivity index (χ4n) is 1.27. The van der Waals surface area contributed by atoms with Gasteiger partial charge in [-0.1, -0.05) is 40.0 Å². The van der Waals surface area contributed by atoms with Crippen LogP contribution < -0.4 is 0 Å². The fourth-order valence-corrected chi connectivity index (χ4v) is 1.27. The molecule has 0 bridgehead atoms. The van der Waals surface area contributed by atoms with E-state index in [9.17, 15) is 5.11 Å². The Hall–Kier alpha value is -0.0800. The molecule has 1 unspecified atom stereocenters. The Morgan fingerprint density at radius 3 is 2.43 bits per heavy atom. The first-order valence-corrected chi connectivity index (χ1v) is 5.92. The summed E-state index contributed by atoms with van der Waals surface area (Å²) in [6, 6.07) is 0. The summed E-state index contributed by atoms with van der Waals surface area (Å²) in [5, 5.41) is 9.21. The summed E-state index contributed by atoms with van der Waals surface area (Å²) in [7, 11) is 0. The second-order valence-electron chi connectivity index (χ2n) is 4.38. The number of rotatable bonds is 9. The lowest BCUT2D eigenvalue weighted by Crippen LogP contribution is -2.14. The molecule has 0 aromatic carbocycles. The van der Waals surface area contributed by atoms with Crippen molar-refractivity contribution in [3.8, 4) is 0 Å². The molecular weight excluding hydrogens is 176 g/mol. The maximum Gasteiger partial charge on any atom is 0.0771 e. The topological polar surface area (TPSA) is 29.5 Å². The number of hydrogen-bond donors (Lipinski definition) is 1. The second kappa shape index (κ2) is 9.47. The highest BCUT2D eigenvalue weighted by Gasteiger charge is 1.99. The third-order valence-electron chi connectivity index (χ3n) is 2.35. The molecule has 0 aliphatic heterocycles. The van der Waals surface area contributed by atoms with Crippen LogP contribution in [-0.4, -0.2) is 24.4 Å². The third kappa shape index (κ3) is 10.0. The Kier molecular flexibility index (Phi) is 9.42. The van der Waals surface area contributed by atoms with Crippen LogP contribution in [0.25, 0.3) is 0 Å². The number of unbranched alkanes of at least 4 members (excludes halogenated alkanes) is 2. The first-order chi connectivity index (χ1) is 6.66. The Morgan fingerprint density at radius 1 is 1.14 bits per heavy atom. The SMILES string of the molecule is CCC(O)COCCCCCC(C)C. The van der Waals surface area contributed by atoms with Crippen molar-refractivity contribution >= 4 is 0 Å². The molecule has 0 fully saturated rings. The van der Waals surface area contributed by atoms with Crippen LogP contribution in [0.1, 0.15) is 52.9 Å². The lowest BCUT2D eigenvalue weighted by Gasteiger charge is -2.08. The molecule has 1 N–H and O–H groups in total. The van der Waals surface area contributed by atoms with Crippen LogP contribution in [-0.2, 0) is 4.74 Å². The van der Waals surface area contributed by atoms with E-state index in [2.05, 4.69) is 13.8 Å². The van der Waals surface area contributed by atoms with Crippen molar-refractivity contribution in [2.45, 2.75) is 59.0 Å². The van der Waals surface area contributed by atoms with E-state index in [-0.39, 0.29) is 6.10 Å². The van der Waals surface area contributed by atoms with Crippen molar-refractivity contribution in [1.82, 2.24) is 0 Å². The Morgan fingerprint density at radius 2 is 1.86 bits per heavy atom. The van der Waals surface area contributed by atoms with Crippen LogP contribution in [0.3, 0.4) is 0 Å². The van der Waals surface area contributed by atoms with Gasteiger partial charge in [-0.25, -0.2) is 0 Å². The highest BCUT2D eigenvalue weighted by molar-refractivity contribution is 4.50. The lowest BCUT2D eigenvalue weighted by atomic mass is 10.1. The van der Waals surface area contributed by atoms with E-state index in [1.54, 1.807) is 0 Å². The maximum absolute atomic E-state index is 9.21. The molecule has 0 radical (unpaired) electrons. The Labute approximate surface area is 88.7 Å². The van der Waals surface area contributed by atoms with Crippen LogP contribution in [0.4, 0.5) is 0 Å². The van der Waals surface area contributed by atoms with Crippen molar-refractivity contribution < 1.29 is 9.84 Å². The predicted octanol–water partition coefficient (Wildman–Crippen LogP) is 2.99. The summed E-state index contributed by atoms with van der Waals surface area (Å²) in [5.74, 6) is 0.817. The van der Waals surface area contributed by atoms with Gasteiger partial charge in [0, 0.05) is 6.61 Å². The zero-order valence-electron chi connectivity index (χ0n) is 9.96. The van der Waals surface area contributed by atoms with Crippen LogP contribution in [0, 0.1) is 5.92 Å². The molecule has 0 aliphatic rings. The molecule has 0 aromatic rings. The average molecular weight is 202 g/mol. The maximum atomic E-state index is 9.21. The summed E-state index contributed by atoms with van der Waals surface area (Å²) in [6.45, 7) is 7.79. The zero-order valence-corrected chi connectivity index (χ0v) is 9.96. The van der Waals surface area contributed by atoms with Gasteiger partial charge in [0.1, 0.15) is 0 Å². The molecule has 14 heavy (non-hydrogen) atoms. The summed E-state index contributed by atoms with van der Waals surface area (Å²) in [5.41, 5.74) is 0. The van der Waals surface area contributed by atoms with Gasteiger partial charge in [0.25, 0.3) is 0 Å². The molecule has 86 valence electrons. The van der Waals surface area contributed by atoms with Gasteiger partial charge in [0.05, 0.1) is 12.7 Å². The van der Waals surface area contributed by atoms with Gasteiger partial charge in [0.15, 0.2) is 0 Å². The van der Waals surface area contributed by atoms with Crippen molar-refractivity contribution in [2.75, 3.05) is 13.2 Å². The number of ether oxygens (including phenoxy) is 1. The lowest BCUT2D eigenvalue weighted by molar-refractivity contribution is 0.0334. The molecule has 0 aromatic heterocycles. The molecule has 2 heteroatoms. The number of hydrogen-bond acceptors (Lipinski definition) is 2. The van der Waals surface area contributed by atoms with Crippen LogP contribution in [0.2, 0.25) is 0 Å². The van der Waals surface area contributed by atoms with Crippen molar-refractivity contribution in [3.63, 3.8) is 0 Å². The summed E-state index contributed by atoms with van der Waals surface area (Å²) >= 11 is 0. The highest BCUT2D eigenvalue weighted by Crippen LogP contribution is 2.07. The normalized spacial score (nSPS) is 13.5. The molecule has 0 saturated heterocycles. The van der Waals surface area contributed by atoms with E-state index in [1.807, 2.05) is 6.92 Å². The first-order valence-electron chi connectivity index (χ1n) is 5.92. The van der Waals surface area contributed by atoms with Crippen molar-refractivity contribution in [1.29, 1.82) is 0 Å². The van der Waals surface area contributed by atoms with Gasteiger partial charge in [0.2, 0.25) is 0 Å².